The number of aryl methyl sites for hydroxylation is 1. The van der Waals surface area contributed by atoms with Crippen LogP contribution in [0.25, 0.3) is 5.57 Å². The summed E-state index contributed by atoms with van der Waals surface area (Å²) in [4.78, 5) is 29.8. The monoisotopic (exact) mass is 362 g/mol. The molecule has 0 bridgehead atoms. The summed E-state index contributed by atoms with van der Waals surface area (Å²) in [5.41, 5.74) is 3.84. The molecule has 0 atom stereocenters. The van der Waals surface area contributed by atoms with Gasteiger partial charge in [-0.3, -0.25) is 14.5 Å². The Morgan fingerprint density at radius 2 is 1.56 bits per heavy atom. The van der Waals surface area contributed by atoms with Gasteiger partial charge < -0.3 is 9.64 Å². The van der Waals surface area contributed by atoms with E-state index in [9.17, 15) is 9.59 Å². The smallest absolute Gasteiger partial charge is 0.278 e. The van der Waals surface area contributed by atoms with Crippen LogP contribution in [0, 0.1) is 6.92 Å². The minimum atomic E-state index is -0.228. The van der Waals surface area contributed by atoms with Crippen molar-refractivity contribution < 1.29 is 14.3 Å². The Morgan fingerprint density at radius 3 is 2.22 bits per heavy atom. The maximum atomic E-state index is 13.2. The summed E-state index contributed by atoms with van der Waals surface area (Å²) in [6, 6.07) is 17.4. The molecule has 2 aliphatic rings. The summed E-state index contributed by atoms with van der Waals surface area (Å²) in [6.07, 6.45) is 0. The van der Waals surface area contributed by atoms with E-state index in [4.69, 9.17) is 4.74 Å². The molecule has 0 unspecified atom stereocenters. The molecule has 0 spiro atoms. The van der Waals surface area contributed by atoms with Gasteiger partial charge >= 0.3 is 0 Å². The van der Waals surface area contributed by atoms with E-state index in [0.29, 0.717) is 37.6 Å². The van der Waals surface area contributed by atoms with E-state index in [0.717, 1.165) is 16.7 Å². The fourth-order valence-electron chi connectivity index (χ4n) is 3.53. The standard InChI is InChI=1S/C22H22N2O3/c1-16-7-9-18(10-8-16)19-20(23-11-13-27-14-12-23)22(26)24(21(19)25)15-17-5-3-2-4-6-17/h2-10H,11-15H2,1H3. The summed E-state index contributed by atoms with van der Waals surface area (Å²) in [6.45, 7) is 4.63. The predicted molar refractivity (Wildman–Crippen MR) is 102 cm³/mol. The lowest BCUT2D eigenvalue weighted by atomic mass is 10.0. The van der Waals surface area contributed by atoms with Gasteiger partial charge in [0, 0.05) is 13.1 Å². The maximum Gasteiger partial charge on any atom is 0.278 e. The van der Waals surface area contributed by atoms with Crippen LogP contribution in [0.2, 0.25) is 0 Å². The highest BCUT2D eigenvalue weighted by molar-refractivity contribution is 6.35. The van der Waals surface area contributed by atoms with Crippen molar-refractivity contribution in [3.8, 4) is 0 Å². The molecule has 4 rings (SSSR count). The van der Waals surface area contributed by atoms with Gasteiger partial charge in [0.05, 0.1) is 25.3 Å². The second kappa shape index (κ2) is 7.37. The SMILES string of the molecule is Cc1ccc(C2=C(N3CCOCC3)C(=O)N(Cc3ccccc3)C2=O)cc1. The van der Waals surface area contributed by atoms with Crippen LogP contribution in [0.4, 0.5) is 0 Å². The van der Waals surface area contributed by atoms with E-state index in [1.54, 1.807) is 0 Å². The molecule has 2 aromatic rings. The summed E-state index contributed by atoms with van der Waals surface area (Å²) >= 11 is 0. The summed E-state index contributed by atoms with van der Waals surface area (Å²) in [5, 5.41) is 0. The van der Waals surface area contributed by atoms with Crippen molar-refractivity contribution in [3.63, 3.8) is 0 Å². The van der Waals surface area contributed by atoms with Crippen molar-refractivity contribution >= 4 is 17.4 Å². The Morgan fingerprint density at radius 1 is 0.889 bits per heavy atom. The first-order valence-electron chi connectivity index (χ1n) is 9.19. The van der Waals surface area contributed by atoms with Crippen LogP contribution < -0.4 is 0 Å². The third-order valence-corrected chi connectivity index (χ3v) is 4.99. The van der Waals surface area contributed by atoms with Crippen LogP contribution in [-0.4, -0.2) is 47.9 Å². The maximum absolute atomic E-state index is 13.2. The van der Waals surface area contributed by atoms with Crippen molar-refractivity contribution in [3.05, 3.63) is 77.0 Å². The molecule has 0 N–H and O–H groups in total. The van der Waals surface area contributed by atoms with Gasteiger partial charge in [0.2, 0.25) is 0 Å². The Labute approximate surface area is 158 Å². The topological polar surface area (TPSA) is 49.9 Å². The molecule has 0 aromatic heterocycles. The first kappa shape index (κ1) is 17.5. The lowest BCUT2D eigenvalue weighted by Gasteiger charge is -2.29. The number of morpholine rings is 1. The van der Waals surface area contributed by atoms with E-state index >= 15 is 0 Å². The Kier molecular flexibility index (Phi) is 4.77. The number of benzene rings is 2. The number of ether oxygens (including phenoxy) is 1. The van der Waals surface area contributed by atoms with Crippen LogP contribution in [0.3, 0.4) is 0 Å². The first-order valence-corrected chi connectivity index (χ1v) is 9.19. The minimum Gasteiger partial charge on any atom is -0.378 e. The molecule has 1 saturated heterocycles. The van der Waals surface area contributed by atoms with E-state index < -0.39 is 0 Å². The zero-order chi connectivity index (χ0) is 18.8. The zero-order valence-electron chi connectivity index (χ0n) is 15.4. The van der Waals surface area contributed by atoms with Gasteiger partial charge in [-0.25, -0.2) is 0 Å². The normalized spacial score (nSPS) is 17.8. The minimum absolute atomic E-state index is 0.221. The van der Waals surface area contributed by atoms with Gasteiger partial charge in [-0.2, -0.15) is 0 Å². The molecule has 0 aliphatic carbocycles. The van der Waals surface area contributed by atoms with Crippen molar-refractivity contribution in [1.29, 1.82) is 0 Å². The lowest BCUT2D eigenvalue weighted by Crippen LogP contribution is -2.40. The molecule has 0 saturated carbocycles. The van der Waals surface area contributed by atoms with Gasteiger partial charge in [0.1, 0.15) is 5.70 Å². The number of hydrogen-bond donors (Lipinski definition) is 0. The number of carbonyl (C=O) groups is 2. The van der Waals surface area contributed by atoms with Crippen LogP contribution >= 0.6 is 0 Å². The molecular weight excluding hydrogens is 340 g/mol. The van der Waals surface area contributed by atoms with E-state index in [2.05, 4.69) is 0 Å². The summed E-state index contributed by atoms with van der Waals surface area (Å²) < 4.78 is 5.43. The van der Waals surface area contributed by atoms with Crippen molar-refractivity contribution in [2.75, 3.05) is 26.3 Å². The van der Waals surface area contributed by atoms with Crippen LogP contribution in [0.15, 0.2) is 60.3 Å². The number of nitrogens with zero attached hydrogens (tertiary/aromatic N) is 2. The van der Waals surface area contributed by atoms with Gasteiger partial charge in [-0.15, -0.1) is 0 Å². The van der Waals surface area contributed by atoms with Crippen LogP contribution in [-0.2, 0) is 20.9 Å². The highest BCUT2D eigenvalue weighted by Crippen LogP contribution is 2.33. The van der Waals surface area contributed by atoms with Crippen LogP contribution in [0.5, 0.6) is 0 Å². The number of rotatable bonds is 4. The van der Waals surface area contributed by atoms with Gasteiger partial charge in [0.25, 0.3) is 11.8 Å². The molecule has 0 radical (unpaired) electrons. The van der Waals surface area contributed by atoms with Gasteiger partial charge in [-0.05, 0) is 18.1 Å². The second-order valence-electron chi connectivity index (χ2n) is 6.87. The number of imide groups is 1. The fourth-order valence-corrected chi connectivity index (χ4v) is 3.53. The summed E-state index contributed by atoms with van der Waals surface area (Å²) in [5.74, 6) is -0.449. The quantitative estimate of drug-likeness (QED) is 0.785. The number of hydrogen-bond acceptors (Lipinski definition) is 4. The second-order valence-corrected chi connectivity index (χ2v) is 6.87. The van der Waals surface area contributed by atoms with E-state index in [1.807, 2.05) is 66.4 Å². The molecule has 2 heterocycles. The predicted octanol–water partition coefficient (Wildman–Crippen LogP) is 2.61. The fraction of sp³-hybridized carbons (Fsp3) is 0.273. The largest absolute Gasteiger partial charge is 0.378 e. The van der Waals surface area contributed by atoms with E-state index in [-0.39, 0.29) is 18.4 Å². The van der Waals surface area contributed by atoms with Gasteiger partial charge in [-0.1, -0.05) is 60.2 Å². The van der Waals surface area contributed by atoms with Gasteiger partial charge in [0.15, 0.2) is 0 Å². The molecule has 5 nitrogen and oxygen atoms in total. The van der Waals surface area contributed by atoms with Crippen molar-refractivity contribution in [2.45, 2.75) is 13.5 Å². The molecule has 5 heteroatoms. The summed E-state index contributed by atoms with van der Waals surface area (Å²) in [7, 11) is 0. The highest BCUT2D eigenvalue weighted by atomic mass is 16.5. The molecule has 27 heavy (non-hydrogen) atoms. The molecule has 2 aliphatic heterocycles. The molecular formula is C22H22N2O3. The third-order valence-electron chi connectivity index (χ3n) is 4.99. The molecule has 138 valence electrons. The average molecular weight is 362 g/mol. The highest BCUT2D eigenvalue weighted by Gasteiger charge is 2.41. The molecule has 2 aromatic carbocycles. The zero-order valence-corrected chi connectivity index (χ0v) is 15.4. The van der Waals surface area contributed by atoms with E-state index in [1.165, 1.54) is 4.90 Å². The third kappa shape index (κ3) is 3.38. The molecule has 2 amide bonds. The van der Waals surface area contributed by atoms with Crippen LogP contribution in [0.1, 0.15) is 16.7 Å². The number of amides is 2. The Bertz CT molecular complexity index is 882. The Hall–Kier alpha value is -2.92. The average Bonchev–Trinajstić information content (AvgIpc) is 2.95. The molecule has 1 fully saturated rings. The van der Waals surface area contributed by atoms with Crippen molar-refractivity contribution in [2.24, 2.45) is 0 Å². The van der Waals surface area contributed by atoms with Crippen molar-refractivity contribution in [1.82, 2.24) is 9.80 Å². The lowest BCUT2D eigenvalue weighted by molar-refractivity contribution is -0.138. The Balaban J connectivity index is 1.73. The first-order chi connectivity index (χ1) is 13.1. The number of carbonyl (C=O) groups excluding carboxylic acids is 2.